The molecule has 170 valence electrons. The molecule has 1 heterocycles. The Kier molecular flexibility index (Phi) is 8.08. The average molecular weight is 438 g/mol. The van der Waals surface area contributed by atoms with Crippen molar-refractivity contribution in [3.05, 3.63) is 59.7 Å². The zero-order valence-corrected chi connectivity index (χ0v) is 18.9. The molecule has 0 radical (unpaired) electrons. The topological polar surface area (TPSA) is 86.3 Å². The molecule has 0 saturated carbocycles. The van der Waals surface area contributed by atoms with Crippen molar-refractivity contribution in [3.63, 3.8) is 0 Å². The minimum atomic E-state index is -0.0267. The zero-order valence-electron chi connectivity index (χ0n) is 18.9. The second-order valence-corrected chi connectivity index (χ2v) is 7.73. The number of para-hydroxylation sites is 2. The number of rotatable bonds is 8. The highest BCUT2D eigenvalue weighted by molar-refractivity contribution is 5.97. The predicted molar refractivity (Wildman–Crippen MR) is 126 cm³/mol. The maximum Gasteiger partial charge on any atom is 0.265 e. The molecule has 0 atom stereocenters. The molecule has 1 aliphatic rings. The molecule has 2 amide bonds. The van der Waals surface area contributed by atoms with E-state index in [9.17, 15) is 9.59 Å². The van der Waals surface area contributed by atoms with Crippen LogP contribution in [0.1, 0.15) is 22.3 Å². The van der Waals surface area contributed by atoms with Gasteiger partial charge in [0.2, 0.25) is 0 Å². The van der Waals surface area contributed by atoms with Gasteiger partial charge in [-0.25, -0.2) is 0 Å². The molecule has 32 heavy (non-hydrogen) atoms. The van der Waals surface area contributed by atoms with Gasteiger partial charge in [0, 0.05) is 46.3 Å². The van der Waals surface area contributed by atoms with Crippen molar-refractivity contribution in [1.82, 2.24) is 15.5 Å². The Bertz CT molecular complexity index is 974. The first-order valence-electron chi connectivity index (χ1n) is 10.8. The van der Waals surface area contributed by atoms with Crippen LogP contribution >= 0.6 is 0 Å². The lowest BCUT2D eigenvalue weighted by atomic mass is 10.1. The van der Waals surface area contributed by atoms with E-state index in [0.29, 0.717) is 31.2 Å². The van der Waals surface area contributed by atoms with Crippen molar-refractivity contribution < 1.29 is 14.3 Å². The summed E-state index contributed by atoms with van der Waals surface area (Å²) >= 11 is 0. The number of nitrogens with one attached hydrogen (secondary N) is 2. The third-order valence-corrected chi connectivity index (χ3v) is 5.17. The minimum Gasteiger partial charge on any atom is -0.482 e. The first-order chi connectivity index (χ1) is 15.5. The Labute approximate surface area is 189 Å². The molecule has 8 nitrogen and oxygen atoms in total. The number of anilines is 1. The van der Waals surface area contributed by atoms with E-state index in [1.54, 1.807) is 30.9 Å². The molecule has 1 aliphatic heterocycles. The molecule has 0 spiro atoms. The van der Waals surface area contributed by atoms with Crippen LogP contribution in [0.15, 0.2) is 53.5 Å². The number of hydrogen-bond donors (Lipinski definition) is 2. The first-order valence-corrected chi connectivity index (χ1v) is 10.8. The molecule has 0 fully saturated rings. The van der Waals surface area contributed by atoms with E-state index in [0.717, 1.165) is 29.8 Å². The van der Waals surface area contributed by atoms with Crippen LogP contribution in [-0.2, 0) is 11.2 Å². The largest absolute Gasteiger partial charge is 0.482 e. The molecular weight excluding hydrogens is 406 g/mol. The van der Waals surface area contributed by atoms with E-state index in [2.05, 4.69) is 15.6 Å². The van der Waals surface area contributed by atoms with Gasteiger partial charge in [-0.2, -0.15) is 0 Å². The van der Waals surface area contributed by atoms with Gasteiger partial charge in [-0.15, -0.1) is 0 Å². The van der Waals surface area contributed by atoms with Crippen LogP contribution in [0.2, 0.25) is 0 Å². The van der Waals surface area contributed by atoms with Gasteiger partial charge in [-0.05, 0) is 42.7 Å². The van der Waals surface area contributed by atoms with Gasteiger partial charge >= 0.3 is 0 Å². The van der Waals surface area contributed by atoms with Gasteiger partial charge < -0.3 is 25.2 Å². The molecule has 8 heteroatoms. The maximum atomic E-state index is 12.2. The number of fused-ring (bicyclic) bond motifs is 1. The number of aliphatic imine (C=N–C) groups is 1. The minimum absolute atomic E-state index is 0.00124. The van der Waals surface area contributed by atoms with Crippen LogP contribution in [0, 0.1) is 0 Å². The van der Waals surface area contributed by atoms with Crippen LogP contribution in [0.25, 0.3) is 0 Å². The molecular formula is C24H31N5O3. The first kappa shape index (κ1) is 23.1. The van der Waals surface area contributed by atoms with E-state index < -0.39 is 0 Å². The standard InChI is InChI=1S/C24H31N5O3/c1-25-24(27-14-12-18-8-6-9-19(16-18)23(31)28(2)3)26-13-7-15-29-20-10-4-5-11-21(20)32-17-22(29)30/h4-6,8-11,16H,7,12-15,17H2,1-3H3,(H2,25,26,27). The maximum absolute atomic E-state index is 12.2. The molecule has 0 aromatic heterocycles. The number of amides is 2. The lowest BCUT2D eigenvalue weighted by molar-refractivity contribution is -0.121. The summed E-state index contributed by atoms with van der Waals surface area (Å²) in [6, 6.07) is 15.3. The van der Waals surface area contributed by atoms with Gasteiger partial charge in [0.05, 0.1) is 5.69 Å². The highest BCUT2D eigenvalue weighted by atomic mass is 16.5. The van der Waals surface area contributed by atoms with Crippen molar-refractivity contribution in [2.45, 2.75) is 12.8 Å². The van der Waals surface area contributed by atoms with Gasteiger partial charge in [-0.3, -0.25) is 14.6 Å². The normalized spacial score (nSPS) is 13.3. The molecule has 0 saturated heterocycles. The summed E-state index contributed by atoms with van der Waals surface area (Å²) in [5, 5.41) is 6.58. The lowest BCUT2D eigenvalue weighted by Gasteiger charge is -2.29. The van der Waals surface area contributed by atoms with Crippen LogP contribution in [0.5, 0.6) is 5.75 Å². The Morgan fingerprint density at radius 3 is 2.69 bits per heavy atom. The average Bonchev–Trinajstić information content (AvgIpc) is 2.81. The fourth-order valence-electron chi connectivity index (χ4n) is 3.51. The van der Waals surface area contributed by atoms with E-state index >= 15 is 0 Å². The number of carbonyl (C=O) groups is 2. The summed E-state index contributed by atoms with van der Waals surface area (Å²) in [6.45, 7) is 2.05. The Morgan fingerprint density at radius 1 is 1.12 bits per heavy atom. The summed E-state index contributed by atoms with van der Waals surface area (Å²) in [7, 11) is 5.23. The van der Waals surface area contributed by atoms with E-state index in [1.807, 2.05) is 48.5 Å². The smallest absolute Gasteiger partial charge is 0.265 e. The molecule has 0 aliphatic carbocycles. The quantitative estimate of drug-likeness (QED) is 0.374. The summed E-state index contributed by atoms with van der Waals surface area (Å²) in [5.74, 6) is 1.42. The second-order valence-electron chi connectivity index (χ2n) is 7.73. The monoisotopic (exact) mass is 437 g/mol. The predicted octanol–water partition coefficient (Wildman–Crippen LogP) is 1.91. The number of benzene rings is 2. The fourth-order valence-corrected chi connectivity index (χ4v) is 3.51. The van der Waals surface area contributed by atoms with Gasteiger partial charge in [0.25, 0.3) is 11.8 Å². The highest BCUT2D eigenvalue weighted by Crippen LogP contribution is 2.31. The van der Waals surface area contributed by atoms with Crippen molar-refractivity contribution in [1.29, 1.82) is 0 Å². The lowest BCUT2D eigenvalue weighted by Crippen LogP contribution is -2.42. The highest BCUT2D eigenvalue weighted by Gasteiger charge is 2.24. The van der Waals surface area contributed by atoms with Gasteiger partial charge in [0.15, 0.2) is 12.6 Å². The molecule has 3 rings (SSSR count). The number of ether oxygens (including phenoxy) is 1. The van der Waals surface area contributed by atoms with Crippen LogP contribution in [0.4, 0.5) is 5.69 Å². The Hall–Kier alpha value is -3.55. The third-order valence-electron chi connectivity index (χ3n) is 5.17. The van der Waals surface area contributed by atoms with Crippen molar-refractivity contribution in [2.24, 2.45) is 4.99 Å². The fraction of sp³-hybridized carbons (Fsp3) is 0.375. The van der Waals surface area contributed by atoms with Crippen molar-refractivity contribution in [3.8, 4) is 5.75 Å². The molecule has 0 unspecified atom stereocenters. The van der Waals surface area contributed by atoms with Crippen LogP contribution in [-0.4, -0.2) is 70.1 Å². The molecule has 2 aromatic rings. The summed E-state index contributed by atoms with van der Waals surface area (Å²) in [6.07, 6.45) is 1.55. The molecule has 2 N–H and O–H groups in total. The third kappa shape index (κ3) is 6.00. The molecule has 2 aromatic carbocycles. The van der Waals surface area contributed by atoms with Crippen LogP contribution < -0.4 is 20.3 Å². The van der Waals surface area contributed by atoms with E-state index in [4.69, 9.17) is 4.74 Å². The van der Waals surface area contributed by atoms with E-state index in [-0.39, 0.29) is 18.4 Å². The van der Waals surface area contributed by atoms with E-state index in [1.165, 1.54) is 0 Å². The number of carbonyl (C=O) groups excluding carboxylic acids is 2. The van der Waals surface area contributed by atoms with Crippen molar-refractivity contribution in [2.75, 3.05) is 52.3 Å². The molecule has 0 bridgehead atoms. The Morgan fingerprint density at radius 2 is 1.91 bits per heavy atom. The van der Waals surface area contributed by atoms with Gasteiger partial charge in [-0.1, -0.05) is 24.3 Å². The Balaban J connectivity index is 1.42. The van der Waals surface area contributed by atoms with Crippen molar-refractivity contribution >= 4 is 23.5 Å². The SMILES string of the molecule is CN=C(NCCCN1C(=O)COc2ccccc21)NCCc1cccc(C(=O)N(C)C)c1. The van der Waals surface area contributed by atoms with Crippen LogP contribution in [0.3, 0.4) is 0 Å². The number of nitrogens with zero attached hydrogens (tertiary/aromatic N) is 3. The summed E-state index contributed by atoms with van der Waals surface area (Å²) in [4.78, 5) is 32.0. The number of hydrogen-bond acceptors (Lipinski definition) is 4. The number of guanidine groups is 1. The second kappa shape index (κ2) is 11.2. The summed E-state index contributed by atoms with van der Waals surface area (Å²) < 4.78 is 5.48. The van der Waals surface area contributed by atoms with Gasteiger partial charge in [0.1, 0.15) is 5.75 Å². The zero-order chi connectivity index (χ0) is 22.9. The summed E-state index contributed by atoms with van der Waals surface area (Å²) in [5.41, 5.74) is 2.60.